The normalized spacial score (nSPS) is 15.3. The van der Waals surface area contributed by atoms with Crippen LogP contribution in [-0.2, 0) is 0 Å². The van der Waals surface area contributed by atoms with Crippen molar-refractivity contribution in [2.75, 3.05) is 26.2 Å². The predicted octanol–water partition coefficient (Wildman–Crippen LogP) is 4.32. The van der Waals surface area contributed by atoms with Crippen LogP contribution in [-0.4, -0.2) is 45.7 Å². The average molecular weight is 441 g/mol. The van der Waals surface area contributed by atoms with Crippen molar-refractivity contribution in [1.29, 1.82) is 0 Å². The molecule has 7 nitrogen and oxygen atoms in total. The highest BCUT2D eigenvalue weighted by Crippen LogP contribution is 2.24. The van der Waals surface area contributed by atoms with Crippen LogP contribution in [0.25, 0.3) is 27.9 Å². The molecule has 31 heavy (non-hydrogen) atoms. The van der Waals surface area contributed by atoms with Crippen molar-refractivity contribution < 1.29 is 14.4 Å². The number of ether oxygens (including phenoxy) is 1. The first-order valence-electron chi connectivity index (χ1n) is 10.3. The van der Waals surface area contributed by atoms with E-state index in [1.165, 1.54) is 19.3 Å². The SMILES string of the molecule is Cl.O/N=c1/cc(-c2cc3cccn3cn2)oc2ccc(OCCN3CCCCC3)cc12. The Balaban J connectivity index is 0.00000231. The lowest BCUT2D eigenvalue weighted by atomic mass is 10.1. The molecule has 0 bridgehead atoms. The zero-order chi connectivity index (χ0) is 20.3. The molecule has 1 aliphatic heterocycles. The molecule has 0 amide bonds. The van der Waals surface area contributed by atoms with Gasteiger partial charge in [-0.2, -0.15) is 0 Å². The quantitative estimate of drug-likeness (QED) is 0.369. The van der Waals surface area contributed by atoms with Gasteiger partial charge in [0.25, 0.3) is 0 Å². The third kappa shape index (κ3) is 4.52. The summed E-state index contributed by atoms with van der Waals surface area (Å²) in [6, 6.07) is 13.2. The lowest BCUT2D eigenvalue weighted by Crippen LogP contribution is -2.33. The molecule has 0 aliphatic carbocycles. The molecule has 0 atom stereocenters. The molecule has 1 N–H and O–H groups in total. The second-order valence-corrected chi connectivity index (χ2v) is 7.62. The van der Waals surface area contributed by atoms with Crippen LogP contribution in [0.2, 0.25) is 0 Å². The van der Waals surface area contributed by atoms with Gasteiger partial charge in [-0.3, -0.25) is 4.90 Å². The first-order valence-corrected chi connectivity index (χ1v) is 10.3. The average Bonchev–Trinajstić information content (AvgIpc) is 3.27. The summed E-state index contributed by atoms with van der Waals surface area (Å²) in [6.45, 7) is 3.86. The van der Waals surface area contributed by atoms with Crippen LogP contribution in [0.5, 0.6) is 5.75 Å². The summed E-state index contributed by atoms with van der Waals surface area (Å²) in [7, 11) is 0. The van der Waals surface area contributed by atoms with Crippen LogP contribution in [0, 0.1) is 0 Å². The highest BCUT2D eigenvalue weighted by atomic mass is 35.5. The molecular formula is C23H25ClN4O3. The van der Waals surface area contributed by atoms with Gasteiger partial charge in [-0.15, -0.1) is 12.4 Å². The third-order valence-corrected chi connectivity index (χ3v) is 5.62. The summed E-state index contributed by atoms with van der Waals surface area (Å²) in [5, 5.41) is 14.2. The summed E-state index contributed by atoms with van der Waals surface area (Å²) in [4.78, 5) is 6.89. The Morgan fingerprint density at radius 2 is 1.97 bits per heavy atom. The van der Waals surface area contributed by atoms with Crippen LogP contribution in [0.1, 0.15) is 19.3 Å². The number of halogens is 1. The van der Waals surface area contributed by atoms with Gasteiger partial charge in [-0.25, -0.2) is 4.98 Å². The highest BCUT2D eigenvalue weighted by molar-refractivity contribution is 5.85. The molecule has 1 saturated heterocycles. The molecule has 0 radical (unpaired) electrons. The van der Waals surface area contributed by atoms with Crippen LogP contribution in [0.3, 0.4) is 0 Å². The van der Waals surface area contributed by atoms with Gasteiger partial charge in [-0.05, 0) is 62.3 Å². The fourth-order valence-corrected chi connectivity index (χ4v) is 3.99. The van der Waals surface area contributed by atoms with Crippen molar-refractivity contribution in [3.05, 3.63) is 60.3 Å². The van der Waals surface area contributed by atoms with E-state index in [-0.39, 0.29) is 12.4 Å². The lowest BCUT2D eigenvalue weighted by Gasteiger charge is -2.26. The first-order chi connectivity index (χ1) is 14.8. The maximum absolute atomic E-state index is 9.59. The van der Waals surface area contributed by atoms with Crippen LogP contribution >= 0.6 is 12.4 Å². The molecule has 162 valence electrons. The van der Waals surface area contributed by atoms with Gasteiger partial charge in [0.2, 0.25) is 0 Å². The van der Waals surface area contributed by atoms with Gasteiger partial charge in [0.15, 0.2) is 5.76 Å². The molecule has 8 heteroatoms. The van der Waals surface area contributed by atoms with E-state index in [1.54, 1.807) is 12.4 Å². The molecule has 4 heterocycles. The number of rotatable bonds is 5. The maximum atomic E-state index is 9.59. The Kier molecular flexibility index (Phi) is 6.44. The van der Waals surface area contributed by atoms with Gasteiger partial charge < -0.3 is 18.8 Å². The molecule has 1 fully saturated rings. The largest absolute Gasteiger partial charge is 0.492 e. The lowest BCUT2D eigenvalue weighted by molar-refractivity contribution is 0.183. The minimum absolute atomic E-state index is 0. The van der Waals surface area contributed by atoms with E-state index in [0.29, 0.717) is 34.4 Å². The second-order valence-electron chi connectivity index (χ2n) is 7.62. The van der Waals surface area contributed by atoms with Crippen LogP contribution in [0.4, 0.5) is 0 Å². The monoisotopic (exact) mass is 440 g/mol. The van der Waals surface area contributed by atoms with E-state index in [2.05, 4.69) is 15.0 Å². The molecule has 1 aromatic carbocycles. The molecule has 0 spiro atoms. The molecular weight excluding hydrogens is 416 g/mol. The smallest absolute Gasteiger partial charge is 0.155 e. The summed E-state index contributed by atoms with van der Waals surface area (Å²) in [5.74, 6) is 1.28. The number of hydrogen-bond donors (Lipinski definition) is 1. The Labute approximate surface area is 186 Å². The highest BCUT2D eigenvalue weighted by Gasteiger charge is 2.11. The van der Waals surface area contributed by atoms with E-state index in [4.69, 9.17) is 9.15 Å². The first kappa shape index (κ1) is 21.2. The van der Waals surface area contributed by atoms with E-state index in [1.807, 2.05) is 47.0 Å². The number of hydrogen-bond acceptors (Lipinski definition) is 6. The topological polar surface area (TPSA) is 75.5 Å². The van der Waals surface area contributed by atoms with E-state index < -0.39 is 0 Å². The van der Waals surface area contributed by atoms with Crippen molar-refractivity contribution in [2.24, 2.45) is 5.16 Å². The van der Waals surface area contributed by atoms with Gasteiger partial charge in [0.05, 0.1) is 11.7 Å². The van der Waals surface area contributed by atoms with Crippen molar-refractivity contribution >= 4 is 28.9 Å². The standard InChI is InChI=1S/C23H24N4O3.ClH/c28-25-20-15-23(21-13-17-5-4-10-27(17)16-24-21)30-22-7-6-18(14-19(20)22)29-12-11-26-8-2-1-3-9-26;/h4-7,10,13-16,28H,1-3,8-9,11-12H2;1H/b25-20-;. The maximum Gasteiger partial charge on any atom is 0.155 e. The molecule has 0 saturated carbocycles. The van der Waals surface area contributed by atoms with Gasteiger partial charge in [0.1, 0.15) is 29.0 Å². The number of piperidine rings is 1. The van der Waals surface area contributed by atoms with Gasteiger partial charge >= 0.3 is 0 Å². The number of fused-ring (bicyclic) bond motifs is 2. The molecule has 0 unspecified atom stereocenters. The fraction of sp³-hybridized carbons (Fsp3) is 0.304. The summed E-state index contributed by atoms with van der Waals surface area (Å²) in [5.41, 5.74) is 2.30. The van der Waals surface area contributed by atoms with Crippen molar-refractivity contribution in [3.8, 4) is 17.2 Å². The Morgan fingerprint density at radius 1 is 1.10 bits per heavy atom. The number of aromatic nitrogens is 2. The van der Waals surface area contributed by atoms with Gasteiger partial charge in [-0.1, -0.05) is 11.6 Å². The Bertz CT molecular complexity index is 1240. The van der Waals surface area contributed by atoms with E-state index >= 15 is 0 Å². The predicted molar refractivity (Wildman–Crippen MR) is 121 cm³/mol. The molecule has 4 aromatic rings. The molecule has 3 aromatic heterocycles. The number of nitrogens with zero attached hydrogens (tertiary/aromatic N) is 4. The number of benzene rings is 1. The van der Waals surface area contributed by atoms with Gasteiger partial charge in [0, 0.05) is 24.3 Å². The van der Waals surface area contributed by atoms with Crippen LogP contribution < -0.4 is 10.1 Å². The Hall–Kier alpha value is -3.03. The third-order valence-electron chi connectivity index (χ3n) is 5.62. The van der Waals surface area contributed by atoms with E-state index in [0.717, 1.165) is 30.9 Å². The minimum atomic E-state index is 0. The Morgan fingerprint density at radius 3 is 2.81 bits per heavy atom. The van der Waals surface area contributed by atoms with Crippen molar-refractivity contribution in [1.82, 2.24) is 14.3 Å². The zero-order valence-electron chi connectivity index (χ0n) is 17.1. The van der Waals surface area contributed by atoms with E-state index in [9.17, 15) is 5.21 Å². The summed E-state index contributed by atoms with van der Waals surface area (Å²) in [6.07, 6.45) is 7.54. The minimum Gasteiger partial charge on any atom is -0.492 e. The number of likely N-dealkylation sites (tertiary alicyclic amines) is 1. The summed E-state index contributed by atoms with van der Waals surface area (Å²) >= 11 is 0. The van der Waals surface area contributed by atoms with Crippen molar-refractivity contribution in [2.45, 2.75) is 19.3 Å². The fourth-order valence-electron chi connectivity index (χ4n) is 3.99. The molecule has 5 rings (SSSR count). The molecule has 1 aliphatic rings. The summed E-state index contributed by atoms with van der Waals surface area (Å²) < 4.78 is 13.9. The van der Waals surface area contributed by atoms with Crippen molar-refractivity contribution in [3.63, 3.8) is 0 Å². The second kappa shape index (κ2) is 9.41. The zero-order valence-corrected chi connectivity index (χ0v) is 17.9. The van der Waals surface area contributed by atoms with Crippen LogP contribution in [0.15, 0.2) is 64.6 Å².